The SMILES string of the molecule is COC(=O)c1ccccc1S(=O)(=O)NCc1cc(Br)cs1. The third kappa shape index (κ3) is 3.91. The first kappa shape index (κ1) is 16.2. The molecule has 5 nitrogen and oxygen atoms in total. The zero-order valence-electron chi connectivity index (χ0n) is 11.0. The number of methoxy groups -OCH3 is 1. The molecule has 0 unspecified atom stereocenters. The van der Waals surface area contributed by atoms with Crippen LogP contribution < -0.4 is 4.72 Å². The Bertz CT molecular complexity index is 755. The number of rotatable bonds is 5. The molecule has 0 spiro atoms. The molecule has 112 valence electrons. The second kappa shape index (κ2) is 6.69. The van der Waals surface area contributed by atoms with Gasteiger partial charge in [-0.05, 0) is 34.1 Å². The molecule has 0 saturated carbocycles. The van der Waals surface area contributed by atoms with Crippen molar-refractivity contribution < 1.29 is 17.9 Å². The van der Waals surface area contributed by atoms with Gasteiger partial charge in [0.25, 0.3) is 0 Å². The Morgan fingerprint density at radius 1 is 1.38 bits per heavy atom. The summed E-state index contributed by atoms with van der Waals surface area (Å²) < 4.78 is 32.6. The minimum absolute atomic E-state index is 0.0138. The van der Waals surface area contributed by atoms with Crippen molar-refractivity contribution in [1.82, 2.24) is 4.72 Å². The van der Waals surface area contributed by atoms with Gasteiger partial charge in [0.1, 0.15) is 0 Å². The first-order valence-corrected chi connectivity index (χ1v) is 8.99. The fourth-order valence-electron chi connectivity index (χ4n) is 1.67. The Labute approximate surface area is 135 Å². The normalized spacial score (nSPS) is 11.3. The third-order valence-corrected chi connectivity index (χ3v) is 5.80. The van der Waals surface area contributed by atoms with Crippen LogP contribution in [-0.2, 0) is 21.3 Å². The van der Waals surface area contributed by atoms with Crippen molar-refractivity contribution in [2.24, 2.45) is 0 Å². The average molecular weight is 390 g/mol. The van der Waals surface area contributed by atoms with Crippen LogP contribution in [0.15, 0.2) is 45.1 Å². The number of halogens is 1. The van der Waals surface area contributed by atoms with Crippen LogP contribution >= 0.6 is 27.3 Å². The number of hydrogen-bond acceptors (Lipinski definition) is 5. The fraction of sp³-hybridized carbons (Fsp3) is 0.154. The molecule has 1 aromatic heterocycles. The molecule has 0 bridgehead atoms. The predicted octanol–water partition coefficient (Wildman–Crippen LogP) is 2.78. The third-order valence-electron chi connectivity index (χ3n) is 2.64. The second-order valence-corrected chi connectivity index (χ2v) is 7.69. The monoisotopic (exact) mass is 389 g/mol. The Kier molecular flexibility index (Phi) is 5.15. The zero-order valence-corrected chi connectivity index (χ0v) is 14.2. The van der Waals surface area contributed by atoms with Crippen molar-refractivity contribution in [2.45, 2.75) is 11.4 Å². The van der Waals surface area contributed by atoms with Gasteiger partial charge in [0, 0.05) is 21.3 Å². The highest BCUT2D eigenvalue weighted by Gasteiger charge is 2.22. The van der Waals surface area contributed by atoms with Crippen LogP contribution in [0.4, 0.5) is 0 Å². The number of carbonyl (C=O) groups excluding carboxylic acids is 1. The van der Waals surface area contributed by atoms with E-state index in [2.05, 4.69) is 25.4 Å². The van der Waals surface area contributed by atoms with E-state index in [-0.39, 0.29) is 17.0 Å². The average Bonchev–Trinajstić information content (AvgIpc) is 2.90. The summed E-state index contributed by atoms with van der Waals surface area (Å²) in [6.45, 7) is 0.161. The molecule has 1 heterocycles. The summed E-state index contributed by atoms with van der Waals surface area (Å²) >= 11 is 4.74. The van der Waals surface area contributed by atoms with Crippen LogP contribution in [0.25, 0.3) is 0 Å². The number of ether oxygens (including phenoxy) is 1. The largest absolute Gasteiger partial charge is 0.465 e. The molecule has 1 N–H and O–H groups in total. The first-order valence-electron chi connectivity index (χ1n) is 5.84. The van der Waals surface area contributed by atoms with Gasteiger partial charge in [-0.3, -0.25) is 0 Å². The van der Waals surface area contributed by atoms with E-state index in [4.69, 9.17) is 0 Å². The van der Waals surface area contributed by atoms with Crippen LogP contribution in [0.3, 0.4) is 0 Å². The topological polar surface area (TPSA) is 72.5 Å². The Morgan fingerprint density at radius 2 is 2.10 bits per heavy atom. The Hall–Kier alpha value is -1.22. The molecular weight excluding hydrogens is 378 g/mol. The molecular formula is C13H12BrNO4S2. The van der Waals surface area contributed by atoms with Gasteiger partial charge in [-0.1, -0.05) is 12.1 Å². The van der Waals surface area contributed by atoms with Crippen LogP contribution in [0.1, 0.15) is 15.2 Å². The second-order valence-electron chi connectivity index (χ2n) is 4.04. The maximum Gasteiger partial charge on any atom is 0.339 e. The van der Waals surface area contributed by atoms with Crippen molar-refractivity contribution in [2.75, 3.05) is 7.11 Å². The van der Waals surface area contributed by atoms with Gasteiger partial charge in [-0.15, -0.1) is 11.3 Å². The minimum Gasteiger partial charge on any atom is -0.465 e. The molecule has 0 aliphatic heterocycles. The van der Waals surface area contributed by atoms with Gasteiger partial charge < -0.3 is 4.74 Å². The van der Waals surface area contributed by atoms with E-state index >= 15 is 0 Å². The summed E-state index contributed by atoms with van der Waals surface area (Å²) in [7, 11) is -2.58. The molecule has 21 heavy (non-hydrogen) atoms. The van der Waals surface area contributed by atoms with Gasteiger partial charge in [-0.25, -0.2) is 17.9 Å². The highest BCUT2D eigenvalue weighted by atomic mass is 79.9. The van der Waals surface area contributed by atoms with Gasteiger partial charge in [0.2, 0.25) is 10.0 Å². The highest BCUT2D eigenvalue weighted by Crippen LogP contribution is 2.21. The molecule has 2 rings (SSSR count). The van der Waals surface area contributed by atoms with E-state index in [1.807, 2.05) is 11.4 Å². The van der Waals surface area contributed by atoms with E-state index < -0.39 is 16.0 Å². The number of carbonyl (C=O) groups is 1. The summed E-state index contributed by atoms with van der Waals surface area (Å²) in [5.41, 5.74) is 0.0138. The van der Waals surface area contributed by atoms with E-state index in [0.29, 0.717) is 0 Å². The van der Waals surface area contributed by atoms with Gasteiger partial charge in [-0.2, -0.15) is 0 Å². The van der Waals surface area contributed by atoms with Crippen LogP contribution in [-0.4, -0.2) is 21.5 Å². The number of thiophene rings is 1. The van der Waals surface area contributed by atoms with Gasteiger partial charge >= 0.3 is 5.97 Å². The number of esters is 1. The molecule has 1 aromatic carbocycles. The number of hydrogen-bond donors (Lipinski definition) is 1. The Balaban J connectivity index is 2.25. The van der Waals surface area contributed by atoms with E-state index in [1.54, 1.807) is 12.1 Å². The van der Waals surface area contributed by atoms with Crippen LogP contribution in [0.5, 0.6) is 0 Å². The first-order chi connectivity index (χ1) is 9.94. The highest BCUT2D eigenvalue weighted by molar-refractivity contribution is 9.10. The lowest BCUT2D eigenvalue weighted by atomic mass is 10.2. The maximum absolute atomic E-state index is 12.3. The molecule has 0 aliphatic rings. The van der Waals surface area contributed by atoms with E-state index in [1.165, 1.54) is 30.6 Å². The number of benzene rings is 1. The lowest BCUT2D eigenvalue weighted by molar-refractivity contribution is 0.0596. The molecule has 0 aliphatic carbocycles. The van der Waals surface area contributed by atoms with Crippen molar-refractivity contribution in [1.29, 1.82) is 0 Å². The minimum atomic E-state index is -3.79. The summed E-state index contributed by atoms with van der Waals surface area (Å²) in [5.74, 6) is -0.685. The molecule has 0 amide bonds. The van der Waals surface area contributed by atoms with Crippen molar-refractivity contribution >= 4 is 43.3 Å². The smallest absolute Gasteiger partial charge is 0.339 e. The summed E-state index contributed by atoms with van der Waals surface area (Å²) in [4.78, 5) is 12.4. The van der Waals surface area contributed by atoms with Crippen LogP contribution in [0.2, 0.25) is 0 Å². The molecule has 0 fully saturated rings. The van der Waals surface area contributed by atoms with Gasteiger partial charge in [0.05, 0.1) is 17.6 Å². The summed E-state index contributed by atoms with van der Waals surface area (Å²) in [6.07, 6.45) is 0. The summed E-state index contributed by atoms with van der Waals surface area (Å²) in [5, 5.41) is 1.87. The van der Waals surface area contributed by atoms with Crippen LogP contribution in [0, 0.1) is 0 Å². The number of nitrogens with one attached hydrogen (secondary N) is 1. The molecule has 0 atom stereocenters. The summed E-state index contributed by atoms with van der Waals surface area (Å²) in [6, 6.07) is 7.77. The predicted molar refractivity (Wildman–Crippen MR) is 83.8 cm³/mol. The quantitative estimate of drug-likeness (QED) is 0.797. The fourth-order valence-corrected chi connectivity index (χ4v) is 4.35. The van der Waals surface area contributed by atoms with Crippen molar-refractivity contribution in [3.63, 3.8) is 0 Å². The van der Waals surface area contributed by atoms with Gasteiger partial charge in [0.15, 0.2) is 0 Å². The lowest BCUT2D eigenvalue weighted by Gasteiger charge is -2.09. The molecule has 2 aromatic rings. The Morgan fingerprint density at radius 3 is 2.71 bits per heavy atom. The molecule has 0 radical (unpaired) electrons. The van der Waals surface area contributed by atoms with Crippen molar-refractivity contribution in [3.8, 4) is 0 Å². The van der Waals surface area contributed by atoms with E-state index in [9.17, 15) is 13.2 Å². The van der Waals surface area contributed by atoms with Crippen molar-refractivity contribution in [3.05, 3.63) is 50.6 Å². The lowest BCUT2D eigenvalue weighted by Crippen LogP contribution is -2.25. The maximum atomic E-state index is 12.3. The zero-order chi connectivity index (χ0) is 15.5. The van der Waals surface area contributed by atoms with E-state index in [0.717, 1.165) is 9.35 Å². The molecule has 0 saturated heterocycles. The molecule has 8 heteroatoms. The number of sulfonamides is 1. The standard InChI is InChI=1S/C13H12BrNO4S2/c1-19-13(16)11-4-2-3-5-12(11)21(17,18)15-7-10-6-9(14)8-20-10/h2-6,8,15H,7H2,1H3.